The molecule has 18 heavy (non-hydrogen) atoms. The van der Waals surface area contributed by atoms with Gasteiger partial charge in [0.2, 0.25) is 5.69 Å². The Hall–Kier alpha value is -2.23. The van der Waals surface area contributed by atoms with Crippen molar-refractivity contribution in [3.05, 3.63) is 47.3 Å². The fourth-order valence-corrected chi connectivity index (χ4v) is 1.83. The quantitative estimate of drug-likeness (QED) is 0.722. The molecule has 2 aromatic rings. The maximum Gasteiger partial charge on any atom is 0.222 e. The molecule has 4 nitrogen and oxygen atoms in total. The van der Waals surface area contributed by atoms with Crippen LogP contribution in [0.15, 0.2) is 30.3 Å². The van der Waals surface area contributed by atoms with E-state index in [1.807, 2.05) is 13.0 Å². The third-order valence-electron chi connectivity index (χ3n) is 2.85. The molecule has 4 N–H and O–H groups in total. The van der Waals surface area contributed by atoms with E-state index < -0.39 is 0 Å². The van der Waals surface area contributed by atoms with Crippen LogP contribution in [0.2, 0.25) is 0 Å². The molecule has 0 aliphatic carbocycles. The zero-order valence-corrected chi connectivity index (χ0v) is 10.1. The van der Waals surface area contributed by atoms with Gasteiger partial charge < -0.3 is 15.3 Å². The summed E-state index contributed by atoms with van der Waals surface area (Å²) >= 11 is 0. The average molecular weight is 246 g/mol. The summed E-state index contributed by atoms with van der Waals surface area (Å²) in [6, 6.07) is 8.22. The van der Waals surface area contributed by atoms with Crippen molar-refractivity contribution in [1.29, 1.82) is 0 Å². The van der Waals surface area contributed by atoms with Crippen molar-refractivity contribution in [3.8, 4) is 17.2 Å². The van der Waals surface area contributed by atoms with Gasteiger partial charge >= 0.3 is 0 Å². The molecule has 1 aromatic heterocycles. The number of nitrogens with one attached hydrogen (secondary N) is 1. The Labute approximate surface area is 105 Å². The summed E-state index contributed by atoms with van der Waals surface area (Å²) in [4.78, 5) is 3.11. The average Bonchev–Trinajstić information content (AvgIpc) is 2.34. The zero-order valence-electron chi connectivity index (χ0n) is 10.1. The van der Waals surface area contributed by atoms with Gasteiger partial charge in [-0.1, -0.05) is 6.07 Å². The van der Waals surface area contributed by atoms with Gasteiger partial charge in [0, 0.05) is 19.4 Å². The van der Waals surface area contributed by atoms with Crippen molar-refractivity contribution >= 4 is 0 Å². The van der Waals surface area contributed by atoms with Crippen LogP contribution in [0.25, 0.3) is 0 Å². The summed E-state index contributed by atoms with van der Waals surface area (Å²) in [5.41, 5.74) is 2.65. The van der Waals surface area contributed by atoms with Crippen molar-refractivity contribution in [2.75, 3.05) is 0 Å². The van der Waals surface area contributed by atoms with E-state index in [1.165, 1.54) is 12.1 Å². The molecule has 0 fully saturated rings. The number of hydrogen-bond donors (Lipinski definition) is 3. The Bertz CT molecular complexity index is 567. The summed E-state index contributed by atoms with van der Waals surface area (Å²) < 4.78 is 0. The molecule has 0 bridgehead atoms. The van der Waals surface area contributed by atoms with Crippen LogP contribution in [0.4, 0.5) is 0 Å². The molecule has 4 heteroatoms. The normalized spacial score (nSPS) is 10.5. The van der Waals surface area contributed by atoms with Crippen molar-refractivity contribution in [1.82, 2.24) is 0 Å². The van der Waals surface area contributed by atoms with Gasteiger partial charge in [-0.05, 0) is 30.2 Å². The lowest BCUT2D eigenvalue weighted by atomic mass is 10.1. The number of aromatic nitrogens is 1. The molecule has 0 spiro atoms. The molecule has 0 radical (unpaired) electrons. The highest BCUT2D eigenvalue weighted by Crippen LogP contribution is 2.25. The van der Waals surface area contributed by atoms with Crippen LogP contribution >= 0.6 is 0 Å². The van der Waals surface area contributed by atoms with Gasteiger partial charge in [0.15, 0.2) is 22.9 Å². The minimum Gasteiger partial charge on any atom is -0.504 e. The van der Waals surface area contributed by atoms with Gasteiger partial charge in [-0.3, -0.25) is 0 Å². The Morgan fingerprint density at radius 1 is 0.889 bits per heavy atom. The number of aromatic hydroxyl groups is 3. The number of aromatic amines is 1. The monoisotopic (exact) mass is 246 g/mol. The van der Waals surface area contributed by atoms with Crippen LogP contribution < -0.4 is 4.98 Å². The predicted octanol–water partition coefficient (Wildman–Crippen LogP) is 1.71. The van der Waals surface area contributed by atoms with Crippen LogP contribution in [-0.4, -0.2) is 15.3 Å². The summed E-state index contributed by atoms with van der Waals surface area (Å²) in [5, 5.41) is 28.3. The lowest BCUT2D eigenvalue weighted by Crippen LogP contribution is -2.15. The van der Waals surface area contributed by atoms with Gasteiger partial charge in [0.05, 0.1) is 0 Å². The van der Waals surface area contributed by atoms with E-state index in [-0.39, 0.29) is 17.2 Å². The molecule has 94 valence electrons. The smallest absolute Gasteiger partial charge is 0.222 e. The maximum absolute atomic E-state index is 9.69. The standard InChI is InChI=1S/C14H15NO3/c1-9-2-6-12(16)11(15-9)5-3-10-4-7-13(17)14(18)8-10/h2,4,6-8,16-18H,3,5H2,1H3/p+1. The summed E-state index contributed by atoms with van der Waals surface area (Å²) in [7, 11) is 0. The first-order chi connectivity index (χ1) is 8.56. The van der Waals surface area contributed by atoms with E-state index in [0.29, 0.717) is 12.8 Å². The molecular formula is C14H16NO3+. The number of aryl methyl sites for hydroxylation is 3. The largest absolute Gasteiger partial charge is 0.504 e. The minimum atomic E-state index is -0.122. The highest BCUT2D eigenvalue weighted by atomic mass is 16.3. The van der Waals surface area contributed by atoms with Crippen molar-refractivity contribution < 1.29 is 20.3 Å². The Balaban J connectivity index is 2.11. The molecule has 0 unspecified atom stereocenters. The van der Waals surface area contributed by atoms with E-state index in [9.17, 15) is 15.3 Å². The fourth-order valence-electron chi connectivity index (χ4n) is 1.83. The van der Waals surface area contributed by atoms with Gasteiger partial charge in [0.25, 0.3) is 0 Å². The lowest BCUT2D eigenvalue weighted by Gasteiger charge is -2.03. The van der Waals surface area contributed by atoms with E-state index in [1.54, 1.807) is 12.1 Å². The third-order valence-corrected chi connectivity index (χ3v) is 2.85. The molecule has 1 heterocycles. The van der Waals surface area contributed by atoms with E-state index >= 15 is 0 Å². The summed E-state index contributed by atoms with van der Waals surface area (Å²) in [6.07, 6.45) is 1.30. The first-order valence-corrected chi connectivity index (χ1v) is 5.78. The van der Waals surface area contributed by atoms with Gasteiger partial charge in [0.1, 0.15) is 0 Å². The molecule has 0 amide bonds. The zero-order chi connectivity index (χ0) is 13.1. The second-order valence-corrected chi connectivity index (χ2v) is 4.33. The molecular weight excluding hydrogens is 230 g/mol. The Morgan fingerprint density at radius 2 is 1.61 bits per heavy atom. The molecule has 0 aliphatic rings. The second kappa shape index (κ2) is 4.96. The van der Waals surface area contributed by atoms with Crippen molar-refractivity contribution in [2.45, 2.75) is 19.8 Å². The van der Waals surface area contributed by atoms with Crippen LogP contribution in [0.1, 0.15) is 17.0 Å². The number of phenolic OH excluding ortho intramolecular Hbond substituents is 2. The van der Waals surface area contributed by atoms with Crippen molar-refractivity contribution in [2.24, 2.45) is 0 Å². The number of H-pyrrole nitrogens is 1. The maximum atomic E-state index is 9.69. The molecule has 2 rings (SSSR count). The van der Waals surface area contributed by atoms with E-state index in [0.717, 1.165) is 17.0 Å². The Morgan fingerprint density at radius 3 is 2.33 bits per heavy atom. The summed E-state index contributed by atoms with van der Waals surface area (Å²) in [5.74, 6) is -0.00254. The summed E-state index contributed by atoms with van der Waals surface area (Å²) in [6.45, 7) is 1.93. The third kappa shape index (κ3) is 2.71. The highest BCUT2D eigenvalue weighted by Gasteiger charge is 2.10. The molecule has 0 aliphatic heterocycles. The van der Waals surface area contributed by atoms with Crippen molar-refractivity contribution in [3.63, 3.8) is 0 Å². The first-order valence-electron chi connectivity index (χ1n) is 5.78. The van der Waals surface area contributed by atoms with Gasteiger partial charge in [-0.2, -0.15) is 0 Å². The molecule has 0 atom stereocenters. The number of rotatable bonds is 3. The first kappa shape index (κ1) is 12.2. The number of pyridine rings is 1. The highest BCUT2D eigenvalue weighted by molar-refractivity contribution is 5.40. The van der Waals surface area contributed by atoms with E-state index in [2.05, 4.69) is 4.98 Å². The molecule has 1 aromatic carbocycles. The fraction of sp³-hybridized carbons (Fsp3) is 0.214. The molecule has 0 saturated carbocycles. The predicted molar refractivity (Wildman–Crippen MR) is 66.6 cm³/mol. The molecule has 0 saturated heterocycles. The SMILES string of the molecule is Cc1ccc(O)c(CCc2ccc(O)c(O)c2)[nH+]1. The van der Waals surface area contributed by atoms with Crippen LogP contribution in [-0.2, 0) is 12.8 Å². The van der Waals surface area contributed by atoms with E-state index in [4.69, 9.17) is 0 Å². The number of benzene rings is 1. The number of hydrogen-bond acceptors (Lipinski definition) is 3. The van der Waals surface area contributed by atoms with Gasteiger partial charge in [-0.15, -0.1) is 0 Å². The van der Waals surface area contributed by atoms with Crippen LogP contribution in [0, 0.1) is 6.92 Å². The Kier molecular flexibility index (Phi) is 3.37. The van der Waals surface area contributed by atoms with Gasteiger partial charge in [-0.25, -0.2) is 4.98 Å². The minimum absolute atomic E-state index is 0.120. The topological polar surface area (TPSA) is 74.8 Å². The lowest BCUT2D eigenvalue weighted by molar-refractivity contribution is -0.400. The number of phenols is 2. The second-order valence-electron chi connectivity index (χ2n) is 4.33. The van der Waals surface area contributed by atoms with Crippen LogP contribution in [0.5, 0.6) is 17.2 Å². The van der Waals surface area contributed by atoms with Crippen LogP contribution in [0.3, 0.4) is 0 Å².